The number of benzene rings is 1. The van der Waals surface area contributed by atoms with Crippen molar-refractivity contribution in [2.75, 3.05) is 19.0 Å². The largest absolute Gasteiger partial charge is 0.497 e. The van der Waals surface area contributed by atoms with Crippen LogP contribution >= 0.6 is 0 Å². The number of furan rings is 1. The van der Waals surface area contributed by atoms with Crippen molar-refractivity contribution >= 4 is 28.7 Å². The van der Waals surface area contributed by atoms with E-state index in [0.717, 1.165) is 5.39 Å². The Morgan fingerprint density at radius 3 is 2.72 bits per heavy atom. The van der Waals surface area contributed by atoms with Gasteiger partial charge in [-0.15, -0.1) is 0 Å². The van der Waals surface area contributed by atoms with Crippen LogP contribution < -0.4 is 10.1 Å². The van der Waals surface area contributed by atoms with Crippen molar-refractivity contribution in [1.29, 1.82) is 0 Å². The molecule has 0 saturated carbocycles. The summed E-state index contributed by atoms with van der Waals surface area (Å²) in [5, 5.41) is 6.82. The highest BCUT2D eigenvalue weighted by Gasteiger charge is 2.20. The number of aryl methyl sites for hydroxylation is 2. The van der Waals surface area contributed by atoms with E-state index in [0.29, 0.717) is 22.7 Å². The topological polar surface area (TPSA) is 104 Å². The second-order valence-electron chi connectivity index (χ2n) is 5.37. The molecular weight excluding hydrogens is 328 g/mol. The average Bonchev–Trinajstić information content (AvgIpc) is 3.15. The third kappa shape index (κ3) is 3.47. The highest BCUT2D eigenvalue weighted by Crippen LogP contribution is 2.29. The van der Waals surface area contributed by atoms with E-state index in [2.05, 4.69) is 10.5 Å². The fourth-order valence-corrected chi connectivity index (χ4v) is 2.32. The Bertz CT molecular complexity index is 940. The number of nitrogens with one attached hydrogen (secondary N) is 1. The fraction of sp³-hybridized carbons (Fsp3) is 0.235. The molecule has 3 aromatic rings. The minimum Gasteiger partial charge on any atom is -0.497 e. The number of hydrogen-bond acceptors (Lipinski definition) is 7. The smallest absolute Gasteiger partial charge is 0.375 e. The molecule has 0 radical (unpaired) electrons. The molecule has 2 aromatic heterocycles. The lowest BCUT2D eigenvalue weighted by Crippen LogP contribution is -2.21. The molecule has 1 amide bonds. The first-order valence-corrected chi connectivity index (χ1v) is 7.45. The molecule has 0 unspecified atom stereocenters. The van der Waals surface area contributed by atoms with Crippen molar-refractivity contribution in [3.05, 3.63) is 41.3 Å². The molecule has 1 aromatic carbocycles. The molecular formula is C17H16N2O6. The Labute approximate surface area is 142 Å². The standard InChI is InChI=1S/C17H16N2O6/c1-9-6-14(19-25-9)18-15(20)8-23-17(21)16-10(2)12-7-11(22-3)4-5-13(12)24-16/h4-7H,8H2,1-3H3,(H,18,19,20). The number of anilines is 1. The summed E-state index contributed by atoms with van der Waals surface area (Å²) in [6, 6.07) is 6.76. The van der Waals surface area contributed by atoms with Gasteiger partial charge in [-0.05, 0) is 32.0 Å². The normalized spacial score (nSPS) is 10.7. The summed E-state index contributed by atoms with van der Waals surface area (Å²) in [5.74, 6) is 0.259. The molecule has 0 bridgehead atoms. The van der Waals surface area contributed by atoms with Crippen LogP contribution in [0.4, 0.5) is 5.82 Å². The lowest BCUT2D eigenvalue weighted by Gasteiger charge is -2.03. The highest BCUT2D eigenvalue weighted by molar-refractivity contribution is 5.98. The maximum absolute atomic E-state index is 12.2. The van der Waals surface area contributed by atoms with Gasteiger partial charge in [0.15, 0.2) is 12.4 Å². The van der Waals surface area contributed by atoms with E-state index in [4.69, 9.17) is 18.4 Å². The van der Waals surface area contributed by atoms with Crippen molar-refractivity contribution in [2.24, 2.45) is 0 Å². The van der Waals surface area contributed by atoms with Gasteiger partial charge in [0.2, 0.25) is 5.76 Å². The number of fused-ring (bicyclic) bond motifs is 1. The van der Waals surface area contributed by atoms with Gasteiger partial charge < -0.3 is 23.7 Å². The van der Waals surface area contributed by atoms with Crippen molar-refractivity contribution < 1.29 is 28.0 Å². The van der Waals surface area contributed by atoms with E-state index in [9.17, 15) is 9.59 Å². The maximum Gasteiger partial charge on any atom is 0.375 e. The lowest BCUT2D eigenvalue weighted by molar-refractivity contribution is -0.119. The summed E-state index contributed by atoms with van der Waals surface area (Å²) in [6.07, 6.45) is 0. The third-order valence-electron chi connectivity index (χ3n) is 3.56. The van der Waals surface area contributed by atoms with Gasteiger partial charge in [-0.2, -0.15) is 0 Å². The molecule has 8 heteroatoms. The zero-order valence-corrected chi connectivity index (χ0v) is 13.9. The zero-order valence-electron chi connectivity index (χ0n) is 13.9. The fourth-order valence-electron chi connectivity index (χ4n) is 2.32. The van der Waals surface area contributed by atoms with Gasteiger partial charge in [0.1, 0.15) is 17.1 Å². The van der Waals surface area contributed by atoms with Crippen LogP contribution in [0.5, 0.6) is 5.75 Å². The molecule has 0 aliphatic carbocycles. The number of aromatic nitrogens is 1. The van der Waals surface area contributed by atoms with Gasteiger partial charge in [-0.25, -0.2) is 4.79 Å². The first kappa shape index (κ1) is 16.6. The predicted octanol–water partition coefficient (Wildman–Crippen LogP) is 2.84. The highest BCUT2D eigenvalue weighted by atomic mass is 16.5. The van der Waals surface area contributed by atoms with E-state index in [1.54, 1.807) is 45.2 Å². The van der Waals surface area contributed by atoms with Crippen LogP contribution in [0.15, 0.2) is 33.2 Å². The average molecular weight is 344 g/mol. The third-order valence-corrected chi connectivity index (χ3v) is 3.56. The molecule has 0 atom stereocenters. The van der Waals surface area contributed by atoms with Gasteiger partial charge in [-0.1, -0.05) is 5.16 Å². The Morgan fingerprint density at radius 1 is 1.24 bits per heavy atom. The van der Waals surface area contributed by atoms with Crippen LogP contribution in [0.3, 0.4) is 0 Å². The van der Waals surface area contributed by atoms with Gasteiger partial charge in [-0.3, -0.25) is 4.79 Å². The predicted molar refractivity (Wildman–Crippen MR) is 87.7 cm³/mol. The number of amides is 1. The molecule has 0 aliphatic rings. The SMILES string of the molecule is COc1ccc2oc(C(=O)OCC(=O)Nc3cc(C)on3)c(C)c2c1. The van der Waals surface area contributed by atoms with Gasteiger partial charge in [0, 0.05) is 17.0 Å². The number of carbonyl (C=O) groups is 2. The van der Waals surface area contributed by atoms with Crippen LogP contribution in [0.2, 0.25) is 0 Å². The first-order chi connectivity index (χ1) is 12.0. The summed E-state index contributed by atoms with van der Waals surface area (Å²) in [4.78, 5) is 24.0. The van der Waals surface area contributed by atoms with Crippen molar-refractivity contribution in [2.45, 2.75) is 13.8 Å². The zero-order chi connectivity index (χ0) is 18.0. The number of hydrogen-bond donors (Lipinski definition) is 1. The first-order valence-electron chi connectivity index (χ1n) is 7.45. The minimum absolute atomic E-state index is 0.0494. The molecule has 0 saturated heterocycles. The summed E-state index contributed by atoms with van der Waals surface area (Å²) in [6.45, 7) is 2.96. The van der Waals surface area contributed by atoms with Crippen LogP contribution in [-0.4, -0.2) is 30.7 Å². The number of carbonyl (C=O) groups excluding carboxylic acids is 2. The lowest BCUT2D eigenvalue weighted by atomic mass is 10.1. The van der Waals surface area contributed by atoms with Gasteiger partial charge >= 0.3 is 5.97 Å². The quantitative estimate of drug-likeness (QED) is 0.710. The Hall–Kier alpha value is -3.29. The van der Waals surface area contributed by atoms with E-state index >= 15 is 0 Å². The maximum atomic E-state index is 12.2. The van der Waals surface area contributed by atoms with E-state index in [1.807, 2.05) is 0 Å². The molecule has 130 valence electrons. The van der Waals surface area contributed by atoms with Crippen molar-refractivity contribution in [3.63, 3.8) is 0 Å². The van der Waals surface area contributed by atoms with E-state index < -0.39 is 18.5 Å². The number of nitrogens with zero attached hydrogens (tertiary/aromatic N) is 1. The summed E-state index contributed by atoms with van der Waals surface area (Å²) >= 11 is 0. The molecule has 25 heavy (non-hydrogen) atoms. The van der Waals surface area contributed by atoms with E-state index in [1.165, 1.54) is 0 Å². The molecule has 2 heterocycles. The second kappa shape index (κ2) is 6.68. The second-order valence-corrected chi connectivity index (χ2v) is 5.37. The summed E-state index contributed by atoms with van der Waals surface area (Å²) < 4.78 is 20.5. The number of ether oxygens (including phenoxy) is 2. The van der Waals surface area contributed by atoms with Crippen LogP contribution in [0, 0.1) is 13.8 Å². The Morgan fingerprint density at radius 2 is 2.04 bits per heavy atom. The molecule has 0 spiro atoms. The van der Waals surface area contributed by atoms with Gasteiger partial charge in [0.25, 0.3) is 5.91 Å². The minimum atomic E-state index is -0.723. The van der Waals surface area contributed by atoms with Crippen LogP contribution in [0.1, 0.15) is 21.9 Å². The molecule has 8 nitrogen and oxygen atoms in total. The van der Waals surface area contributed by atoms with Crippen molar-refractivity contribution in [1.82, 2.24) is 5.16 Å². The number of esters is 1. The van der Waals surface area contributed by atoms with Crippen molar-refractivity contribution in [3.8, 4) is 5.75 Å². The molecule has 0 fully saturated rings. The van der Waals surface area contributed by atoms with Crippen LogP contribution in [0.25, 0.3) is 11.0 Å². The summed E-state index contributed by atoms with van der Waals surface area (Å²) in [5.41, 5.74) is 1.15. The summed E-state index contributed by atoms with van der Waals surface area (Å²) in [7, 11) is 1.56. The monoisotopic (exact) mass is 344 g/mol. The Kier molecular flexibility index (Phi) is 4.42. The van der Waals surface area contributed by atoms with E-state index in [-0.39, 0.29) is 11.6 Å². The Balaban J connectivity index is 1.67. The van der Waals surface area contributed by atoms with Crippen LogP contribution in [-0.2, 0) is 9.53 Å². The molecule has 0 aliphatic heterocycles. The number of methoxy groups -OCH3 is 1. The number of rotatable bonds is 5. The molecule has 1 N–H and O–H groups in total. The van der Waals surface area contributed by atoms with Gasteiger partial charge in [0.05, 0.1) is 7.11 Å². The molecule has 3 rings (SSSR count).